The molecule has 1 aromatic heterocycles. The number of nitro groups is 1. The van der Waals surface area contributed by atoms with E-state index in [2.05, 4.69) is 9.88 Å². The molecule has 1 fully saturated rings. The predicted octanol–water partition coefficient (Wildman–Crippen LogP) is 5.40. The highest BCUT2D eigenvalue weighted by molar-refractivity contribution is 5.88. The number of ether oxygens (including phenoxy) is 4. The van der Waals surface area contributed by atoms with Crippen LogP contribution in [-0.4, -0.2) is 77.8 Å². The van der Waals surface area contributed by atoms with Crippen molar-refractivity contribution >= 4 is 22.7 Å². The summed E-state index contributed by atoms with van der Waals surface area (Å²) in [6, 6.07) is 8.22. The lowest BCUT2D eigenvalue weighted by Crippen LogP contribution is -2.50. The smallest absolute Gasteiger partial charge is 0.410 e. The van der Waals surface area contributed by atoms with Gasteiger partial charge in [-0.05, 0) is 45.4 Å². The van der Waals surface area contributed by atoms with E-state index in [1.54, 1.807) is 23.1 Å². The number of carbonyl (C=O) groups is 1. The Labute approximate surface area is 231 Å². The van der Waals surface area contributed by atoms with E-state index in [1.165, 1.54) is 25.4 Å². The summed E-state index contributed by atoms with van der Waals surface area (Å²) in [6.07, 6.45) is 1.98. The average Bonchev–Trinajstić information content (AvgIpc) is 2.91. The van der Waals surface area contributed by atoms with E-state index < -0.39 is 16.3 Å². The normalized spacial score (nSPS) is 14.2. The van der Waals surface area contributed by atoms with Crippen molar-refractivity contribution in [3.63, 3.8) is 0 Å². The predicted molar refractivity (Wildman–Crippen MR) is 146 cm³/mol. The van der Waals surface area contributed by atoms with Gasteiger partial charge in [-0.1, -0.05) is 0 Å². The number of nitro benzene ring substituents is 1. The maximum Gasteiger partial charge on any atom is 0.410 e. The number of halogens is 1. The Morgan fingerprint density at radius 3 is 2.45 bits per heavy atom. The summed E-state index contributed by atoms with van der Waals surface area (Å²) in [4.78, 5) is 30.9. The fourth-order valence-electron chi connectivity index (χ4n) is 4.25. The van der Waals surface area contributed by atoms with Crippen molar-refractivity contribution in [3.8, 4) is 23.0 Å². The van der Waals surface area contributed by atoms with Crippen LogP contribution in [0.4, 0.5) is 14.9 Å². The first-order valence-electron chi connectivity index (χ1n) is 13.0. The molecular weight excluding hydrogens is 523 g/mol. The SMILES string of the molecule is COc1cc2nccc(Oc3ccc([N+](=O)[O-])cc3F)c2cc1OCCCN1CCN(C(=O)OC(C)(C)C)CC1. The number of rotatable bonds is 9. The zero-order valence-corrected chi connectivity index (χ0v) is 23.0. The highest BCUT2D eigenvalue weighted by Gasteiger charge is 2.25. The third kappa shape index (κ3) is 7.26. The second-order valence-electron chi connectivity index (χ2n) is 10.3. The number of hydrogen-bond donors (Lipinski definition) is 0. The van der Waals surface area contributed by atoms with Gasteiger partial charge in [0.05, 0.1) is 30.2 Å². The van der Waals surface area contributed by atoms with Crippen LogP contribution in [0.25, 0.3) is 10.9 Å². The first kappa shape index (κ1) is 28.8. The number of hydrogen-bond acceptors (Lipinski definition) is 9. The minimum Gasteiger partial charge on any atom is -0.493 e. The van der Waals surface area contributed by atoms with Crippen molar-refractivity contribution in [1.82, 2.24) is 14.8 Å². The Hall–Kier alpha value is -4.19. The fourth-order valence-corrected chi connectivity index (χ4v) is 4.25. The molecule has 2 heterocycles. The number of nitrogens with zero attached hydrogens (tertiary/aromatic N) is 4. The lowest BCUT2D eigenvalue weighted by molar-refractivity contribution is -0.385. The van der Waals surface area contributed by atoms with Crippen molar-refractivity contribution in [2.45, 2.75) is 32.8 Å². The Kier molecular flexibility index (Phi) is 8.88. The van der Waals surface area contributed by atoms with Crippen molar-refractivity contribution in [1.29, 1.82) is 0 Å². The monoisotopic (exact) mass is 556 g/mol. The van der Waals surface area contributed by atoms with Crippen molar-refractivity contribution in [2.24, 2.45) is 0 Å². The van der Waals surface area contributed by atoms with Crippen LogP contribution >= 0.6 is 0 Å². The van der Waals surface area contributed by atoms with Gasteiger partial charge in [-0.25, -0.2) is 9.18 Å². The standard InChI is InChI=1S/C28H33FN4O7/c1-28(2,3)40-27(34)32-13-11-31(12-14-32)10-5-15-38-26-17-20-22(18-25(26)37-4)30-9-8-23(20)39-24-7-6-19(33(35)36)16-21(24)29/h6-9,16-18H,5,10-15H2,1-4H3. The van der Waals surface area contributed by atoms with Crippen LogP contribution in [0.15, 0.2) is 42.6 Å². The van der Waals surface area contributed by atoms with Crippen molar-refractivity contribution in [2.75, 3.05) is 46.4 Å². The van der Waals surface area contributed by atoms with Crippen LogP contribution in [0, 0.1) is 15.9 Å². The maximum atomic E-state index is 14.5. The molecule has 4 rings (SSSR count). The number of piperazine rings is 1. The molecule has 0 N–H and O–H groups in total. The van der Waals surface area contributed by atoms with Gasteiger partial charge >= 0.3 is 6.09 Å². The third-order valence-corrected chi connectivity index (χ3v) is 6.23. The Bertz CT molecular complexity index is 1370. The van der Waals surface area contributed by atoms with Gasteiger partial charge in [-0.3, -0.25) is 20.0 Å². The summed E-state index contributed by atoms with van der Waals surface area (Å²) in [5.41, 5.74) is -0.333. The Morgan fingerprint density at radius 1 is 1.05 bits per heavy atom. The molecule has 11 nitrogen and oxygen atoms in total. The molecule has 40 heavy (non-hydrogen) atoms. The van der Waals surface area contributed by atoms with E-state index in [-0.39, 0.29) is 17.5 Å². The lowest BCUT2D eigenvalue weighted by atomic mass is 10.1. The molecule has 2 aromatic carbocycles. The molecule has 0 unspecified atom stereocenters. The first-order valence-corrected chi connectivity index (χ1v) is 13.0. The molecule has 1 aliphatic heterocycles. The summed E-state index contributed by atoms with van der Waals surface area (Å²) >= 11 is 0. The zero-order chi connectivity index (χ0) is 28.9. The minimum atomic E-state index is -0.851. The van der Waals surface area contributed by atoms with E-state index in [4.69, 9.17) is 18.9 Å². The van der Waals surface area contributed by atoms with Gasteiger partial charge in [0.25, 0.3) is 5.69 Å². The molecule has 1 aliphatic rings. The van der Waals surface area contributed by atoms with Crippen LogP contribution in [-0.2, 0) is 4.74 Å². The Morgan fingerprint density at radius 2 is 1.80 bits per heavy atom. The largest absolute Gasteiger partial charge is 0.493 e. The van der Waals surface area contributed by atoms with Gasteiger partial charge in [0, 0.05) is 56.4 Å². The summed E-state index contributed by atoms with van der Waals surface area (Å²) in [7, 11) is 1.53. The molecule has 1 saturated heterocycles. The average molecular weight is 557 g/mol. The second-order valence-corrected chi connectivity index (χ2v) is 10.3. The van der Waals surface area contributed by atoms with E-state index in [0.717, 1.165) is 32.1 Å². The number of non-ortho nitro benzene ring substituents is 1. The van der Waals surface area contributed by atoms with E-state index in [1.807, 2.05) is 20.8 Å². The molecule has 12 heteroatoms. The third-order valence-electron chi connectivity index (χ3n) is 6.23. The maximum absolute atomic E-state index is 14.5. The number of aromatic nitrogens is 1. The number of methoxy groups -OCH3 is 1. The number of carbonyl (C=O) groups excluding carboxylic acids is 1. The van der Waals surface area contributed by atoms with Gasteiger partial charge in [-0.2, -0.15) is 0 Å². The van der Waals surface area contributed by atoms with Gasteiger partial charge in [-0.15, -0.1) is 0 Å². The van der Waals surface area contributed by atoms with Crippen LogP contribution in [0.1, 0.15) is 27.2 Å². The summed E-state index contributed by atoms with van der Waals surface area (Å²) in [6.45, 7) is 9.51. The van der Waals surface area contributed by atoms with Gasteiger partial charge in [0.1, 0.15) is 11.4 Å². The first-order chi connectivity index (χ1) is 19.0. The molecule has 214 valence electrons. The summed E-state index contributed by atoms with van der Waals surface area (Å²) < 4.78 is 37.2. The van der Waals surface area contributed by atoms with Crippen LogP contribution in [0.2, 0.25) is 0 Å². The van der Waals surface area contributed by atoms with Gasteiger partial charge in [0.15, 0.2) is 23.1 Å². The quantitative estimate of drug-likeness (QED) is 0.194. The van der Waals surface area contributed by atoms with Gasteiger partial charge in [0.2, 0.25) is 0 Å². The molecule has 0 atom stereocenters. The van der Waals surface area contributed by atoms with E-state index in [0.29, 0.717) is 47.8 Å². The number of fused-ring (bicyclic) bond motifs is 1. The minimum absolute atomic E-state index is 0.150. The molecule has 1 amide bonds. The van der Waals surface area contributed by atoms with E-state index in [9.17, 15) is 19.3 Å². The summed E-state index contributed by atoms with van der Waals surface area (Å²) in [5.74, 6) is 0.281. The molecule has 0 aliphatic carbocycles. The number of benzene rings is 2. The molecule has 0 spiro atoms. The number of pyridine rings is 1. The Balaban J connectivity index is 1.37. The highest BCUT2D eigenvalue weighted by atomic mass is 19.1. The fraction of sp³-hybridized carbons (Fsp3) is 0.429. The van der Waals surface area contributed by atoms with Crippen LogP contribution in [0.5, 0.6) is 23.0 Å². The van der Waals surface area contributed by atoms with Crippen LogP contribution < -0.4 is 14.2 Å². The summed E-state index contributed by atoms with van der Waals surface area (Å²) in [5, 5.41) is 11.5. The highest BCUT2D eigenvalue weighted by Crippen LogP contribution is 2.38. The topological polar surface area (TPSA) is 116 Å². The lowest BCUT2D eigenvalue weighted by Gasteiger charge is -2.35. The molecule has 3 aromatic rings. The second kappa shape index (κ2) is 12.3. The van der Waals surface area contributed by atoms with Crippen LogP contribution in [0.3, 0.4) is 0 Å². The van der Waals surface area contributed by atoms with Gasteiger partial charge < -0.3 is 23.8 Å². The molecule has 0 bridgehead atoms. The molecule has 0 saturated carbocycles. The molecular formula is C28H33FN4O7. The van der Waals surface area contributed by atoms with Crippen molar-refractivity contribution in [3.05, 3.63) is 58.5 Å². The number of amides is 1. The zero-order valence-electron chi connectivity index (χ0n) is 23.0. The molecule has 0 radical (unpaired) electrons. The van der Waals surface area contributed by atoms with Crippen molar-refractivity contribution < 1.29 is 33.1 Å². The van der Waals surface area contributed by atoms with E-state index >= 15 is 0 Å².